The lowest BCUT2D eigenvalue weighted by molar-refractivity contribution is 0.0726. The minimum Gasteiger partial charge on any atom is -0.334 e. The Balaban J connectivity index is 1.46. The summed E-state index contributed by atoms with van der Waals surface area (Å²) in [6, 6.07) is 27.6. The monoisotopic (exact) mass is 440 g/mol. The number of nitrogens with zero attached hydrogens (tertiary/aromatic N) is 2. The third-order valence-electron chi connectivity index (χ3n) is 6.83. The lowest BCUT2D eigenvalue weighted by Crippen LogP contribution is -2.40. The first-order valence-corrected chi connectivity index (χ1v) is 12.3. The van der Waals surface area contributed by atoms with Crippen molar-refractivity contribution in [2.45, 2.75) is 52.1 Å². The van der Waals surface area contributed by atoms with Gasteiger partial charge in [-0.3, -0.25) is 4.79 Å². The van der Waals surface area contributed by atoms with Crippen LogP contribution in [0.5, 0.6) is 0 Å². The average Bonchev–Trinajstić information content (AvgIpc) is 2.86. The average molecular weight is 441 g/mol. The van der Waals surface area contributed by atoms with Gasteiger partial charge in [0.05, 0.1) is 0 Å². The van der Waals surface area contributed by atoms with Crippen molar-refractivity contribution in [3.8, 4) is 11.1 Å². The number of carbonyl (C=O) groups excluding carboxylic acids is 1. The predicted octanol–water partition coefficient (Wildman–Crippen LogP) is 6.57. The van der Waals surface area contributed by atoms with Crippen LogP contribution in [0, 0.1) is 6.92 Å². The van der Waals surface area contributed by atoms with Crippen molar-refractivity contribution in [1.29, 1.82) is 0 Å². The van der Waals surface area contributed by atoms with Crippen LogP contribution in [0.1, 0.15) is 54.1 Å². The summed E-state index contributed by atoms with van der Waals surface area (Å²) >= 11 is 0. The molecule has 0 radical (unpaired) electrons. The molecule has 0 bridgehead atoms. The Bertz CT molecular complexity index is 1010. The third-order valence-corrected chi connectivity index (χ3v) is 6.83. The molecule has 0 aliphatic carbocycles. The van der Waals surface area contributed by atoms with Crippen LogP contribution in [0.2, 0.25) is 0 Å². The van der Waals surface area contributed by atoms with E-state index in [1.54, 1.807) is 0 Å². The highest BCUT2D eigenvalue weighted by atomic mass is 16.2. The molecule has 0 spiro atoms. The van der Waals surface area contributed by atoms with E-state index >= 15 is 0 Å². The van der Waals surface area contributed by atoms with Crippen LogP contribution < -0.4 is 0 Å². The lowest BCUT2D eigenvalue weighted by atomic mass is 10.0. The van der Waals surface area contributed by atoms with Gasteiger partial charge in [0.15, 0.2) is 0 Å². The molecule has 0 aromatic heterocycles. The molecule has 3 nitrogen and oxygen atoms in total. The molecule has 1 amide bonds. The summed E-state index contributed by atoms with van der Waals surface area (Å²) in [4.78, 5) is 18.1. The summed E-state index contributed by atoms with van der Waals surface area (Å²) in [6.07, 6.45) is 4.93. The maximum atomic E-state index is 13.5. The van der Waals surface area contributed by atoms with E-state index < -0.39 is 0 Å². The van der Waals surface area contributed by atoms with Crippen LogP contribution in [0.3, 0.4) is 0 Å². The van der Waals surface area contributed by atoms with Gasteiger partial charge in [-0.05, 0) is 68.5 Å². The summed E-state index contributed by atoms with van der Waals surface area (Å²) in [6.45, 7) is 8.11. The standard InChI is InChI=1S/C30H36N2O/c1-24-12-14-26(15-13-24)23-32(22-8-21-31-20-7-6-9-25(31)2)30(33)29-18-16-28(17-19-29)27-10-4-3-5-11-27/h3-5,10-19,25H,6-9,20-23H2,1-2H3. The first kappa shape index (κ1) is 23.3. The van der Waals surface area contributed by atoms with Gasteiger partial charge in [-0.15, -0.1) is 0 Å². The molecular formula is C30H36N2O. The van der Waals surface area contributed by atoms with Gasteiger partial charge in [0, 0.05) is 31.2 Å². The maximum absolute atomic E-state index is 13.5. The van der Waals surface area contributed by atoms with E-state index in [-0.39, 0.29) is 5.91 Å². The van der Waals surface area contributed by atoms with Crippen molar-refractivity contribution >= 4 is 5.91 Å². The number of rotatable bonds is 8. The molecule has 172 valence electrons. The van der Waals surface area contributed by atoms with Crippen LogP contribution >= 0.6 is 0 Å². The summed E-state index contributed by atoms with van der Waals surface area (Å²) in [5.74, 6) is 0.113. The van der Waals surface area contributed by atoms with Crippen molar-refractivity contribution in [2.24, 2.45) is 0 Å². The van der Waals surface area contributed by atoms with Crippen molar-refractivity contribution in [3.63, 3.8) is 0 Å². The zero-order chi connectivity index (χ0) is 23.0. The van der Waals surface area contributed by atoms with Gasteiger partial charge < -0.3 is 9.80 Å². The van der Waals surface area contributed by atoms with Crippen LogP contribution in [0.4, 0.5) is 0 Å². The van der Waals surface area contributed by atoms with E-state index in [1.165, 1.54) is 42.5 Å². The molecule has 0 saturated carbocycles. The van der Waals surface area contributed by atoms with Gasteiger partial charge in [-0.25, -0.2) is 0 Å². The minimum absolute atomic E-state index is 0.113. The first-order chi connectivity index (χ1) is 16.1. The van der Waals surface area contributed by atoms with Crippen LogP contribution in [0.25, 0.3) is 11.1 Å². The van der Waals surface area contributed by atoms with Gasteiger partial charge in [-0.1, -0.05) is 78.7 Å². The molecule has 33 heavy (non-hydrogen) atoms. The molecule has 1 fully saturated rings. The topological polar surface area (TPSA) is 23.6 Å². The first-order valence-electron chi connectivity index (χ1n) is 12.3. The summed E-state index contributed by atoms with van der Waals surface area (Å²) in [7, 11) is 0. The number of amides is 1. The van der Waals surface area contributed by atoms with Crippen LogP contribution in [-0.4, -0.2) is 41.4 Å². The number of carbonyl (C=O) groups is 1. The molecule has 0 N–H and O–H groups in total. The molecule has 3 aromatic rings. The highest BCUT2D eigenvalue weighted by Gasteiger charge is 2.20. The van der Waals surface area contributed by atoms with E-state index in [9.17, 15) is 4.79 Å². The molecule has 1 aliphatic heterocycles. The molecule has 1 atom stereocenters. The van der Waals surface area contributed by atoms with E-state index in [4.69, 9.17) is 0 Å². The van der Waals surface area contributed by atoms with Crippen molar-refractivity contribution in [2.75, 3.05) is 19.6 Å². The number of likely N-dealkylation sites (tertiary alicyclic amines) is 1. The molecule has 3 aromatic carbocycles. The minimum atomic E-state index is 0.113. The summed E-state index contributed by atoms with van der Waals surface area (Å²) in [5, 5.41) is 0. The Kier molecular flexibility index (Phi) is 7.96. The molecule has 3 heteroatoms. The molecule has 1 aliphatic rings. The van der Waals surface area contributed by atoms with Crippen molar-refractivity contribution < 1.29 is 4.79 Å². The van der Waals surface area contributed by atoms with Crippen molar-refractivity contribution in [3.05, 3.63) is 95.6 Å². The molecule has 1 heterocycles. The Hall–Kier alpha value is -2.91. The van der Waals surface area contributed by atoms with Crippen molar-refractivity contribution in [1.82, 2.24) is 9.80 Å². The summed E-state index contributed by atoms with van der Waals surface area (Å²) < 4.78 is 0. The third kappa shape index (κ3) is 6.33. The smallest absolute Gasteiger partial charge is 0.254 e. The van der Waals surface area contributed by atoms with E-state index in [2.05, 4.69) is 67.3 Å². The largest absolute Gasteiger partial charge is 0.334 e. The number of hydrogen-bond donors (Lipinski definition) is 0. The SMILES string of the molecule is Cc1ccc(CN(CCCN2CCCCC2C)C(=O)c2ccc(-c3ccccc3)cc2)cc1. The highest BCUT2D eigenvalue weighted by molar-refractivity contribution is 5.94. The zero-order valence-corrected chi connectivity index (χ0v) is 20.0. The number of aryl methyl sites for hydroxylation is 1. The Morgan fingerprint density at radius 2 is 1.61 bits per heavy atom. The lowest BCUT2D eigenvalue weighted by Gasteiger charge is -2.34. The van der Waals surface area contributed by atoms with Crippen LogP contribution in [-0.2, 0) is 6.54 Å². The number of hydrogen-bond acceptors (Lipinski definition) is 2. The van der Waals surface area contributed by atoms with E-state index in [0.29, 0.717) is 12.6 Å². The second-order valence-electron chi connectivity index (χ2n) is 9.39. The molecule has 1 saturated heterocycles. The highest BCUT2D eigenvalue weighted by Crippen LogP contribution is 2.21. The van der Waals surface area contributed by atoms with Gasteiger partial charge in [0.1, 0.15) is 0 Å². The van der Waals surface area contributed by atoms with Gasteiger partial charge in [0.2, 0.25) is 0 Å². The Morgan fingerprint density at radius 1 is 0.909 bits per heavy atom. The Morgan fingerprint density at radius 3 is 2.30 bits per heavy atom. The van der Waals surface area contributed by atoms with E-state index in [1.807, 2.05) is 35.2 Å². The number of piperidine rings is 1. The number of benzene rings is 3. The van der Waals surface area contributed by atoms with Gasteiger partial charge in [0.25, 0.3) is 5.91 Å². The fraction of sp³-hybridized carbons (Fsp3) is 0.367. The molecule has 1 unspecified atom stereocenters. The summed E-state index contributed by atoms with van der Waals surface area (Å²) in [5.41, 5.74) is 5.49. The normalized spacial score (nSPS) is 16.5. The second kappa shape index (κ2) is 11.3. The Labute approximate surface area is 199 Å². The van der Waals surface area contributed by atoms with Gasteiger partial charge in [-0.2, -0.15) is 0 Å². The van der Waals surface area contributed by atoms with E-state index in [0.717, 1.165) is 30.6 Å². The molecular weight excluding hydrogens is 404 g/mol. The fourth-order valence-corrected chi connectivity index (χ4v) is 4.74. The predicted molar refractivity (Wildman–Crippen MR) is 137 cm³/mol. The zero-order valence-electron chi connectivity index (χ0n) is 20.0. The van der Waals surface area contributed by atoms with Gasteiger partial charge >= 0.3 is 0 Å². The second-order valence-corrected chi connectivity index (χ2v) is 9.39. The fourth-order valence-electron chi connectivity index (χ4n) is 4.74. The quantitative estimate of drug-likeness (QED) is 0.395. The maximum Gasteiger partial charge on any atom is 0.254 e. The molecule has 4 rings (SSSR count). The van der Waals surface area contributed by atoms with Crippen LogP contribution in [0.15, 0.2) is 78.9 Å².